The van der Waals surface area contributed by atoms with Crippen LogP contribution in [0.25, 0.3) is 0 Å². The molecule has 0 aromatic heterocycles. The van der Waals surface area contributed by atoms with E-state index < -0.39 is 0 Å². The normalized spacial score (nSPS) is 8.11. The molecule has 0 fully saturated rings. The number of allylic oxidation sites excluding steroid dienone is 3. The van der Waals surface area contributed by atoms with E-state index in [-0.39, 0.29) is 0 Å². The van der Waals surface area contributed by atoms with Gasteiger partial charge in [0.05, 0.1) is 0 Å². The average molecular weight is 123 g/mol. The zero-order valence-electron chi connectivity index (χ0n) is 5.64. The third-order valence-corrected chi connectivity index (χ3v) is 1.02. The minimum Gasteiger partial charge on any atom is -0.330 e. The second-order valence-corrected chi connectivity index (χ2v) is 1.69. The van der Waals surface area contributed by atoms with Gasteiger partial charge in [0.2, 0.25) is 0 Å². The van der Waals surface area contributed by atoms with Crippen molar-refractivity contribution in [1.82, 2.24) is 0 Å². The lowest BCUT2D eigenvalue weighted by atomic mass is 10.2. The number of rotatable bonds is 4. The van der Waals surface area contributed by atoms with Gasteiger partial charge >= 0.3 is 0 Å². The highest BCUT2D eigenvalue weighted by molar-refractivity contribution is 5.26. The maximum absolute atomic E-state index is 5.27. The van der Waals surface area contributed by atoms with E-state index in [1.54, 1.807) is 12.2 Å². The summed E-state index contributed by atoms with van der Waals surface area (Å²) in [6, 6.07) is 0. The summed E-state index contributed by atoms with van der Waals surface area (Å²) >= 11 is 0. The third kappa shape index (κ3) is 3.74. The van der Waals surface area contributed by atoms with E-state index in [1.807, 2.05) is 6.08 Å². The van der Waals surface area contributed by atoms with Crippen molar-refractivity contribution in [3.05, 3.63) is 37.0 Å². The molecule has 0 amide bonds. The molecule has 0 rings (SSSR count). The Balaban J connectivity index is 3.75. The van der Waals surface area contributed by atoms with Crippen molar-refractivity contribution in [1.29, 1.82) is 0 Å². The van der Waals surface area contributed by atoms with Crippen LogP contribution in [0.5, 0.6) is 0 Å². The maximum Gasteiger partial charge on any atom is -0.00423 e. The van der Waals surface area contributed by atoms with Crippen LogP contribution in [-0.2, 0) is 0 Å². The molecule has 0 aliphatic carbocycles. The van der Waals surface area contributed by atoms with Crippen LogP contribution in [0.3, 0.4) is 0 Å². The fourth-order valence-electron chi connectivity index (χ4n) is 0.500. The predicted octanol–water partition coefficient (Wildman–Crippen LogP) is 1.63. The second-order valence-electron chi connectivity index (χ2n) is 1.69. The molecular weight excluding hydrogens is 110 g/mol. The zero-order valence-corrected chi connectivity index (χ0v) is 5.64. The Morgan fingerprint density at radius 1 is 1.33 bits per heavy atom. The van der Waals surface area contributed by atoms with Gasteiger partial charge in [0.15, 0.2) is 0 Å². The fraction of sp³-hybridized carbons (Fsp3) is 0.250. The molecule has 0 radical (unpaired) electrons. The van der Waals surface area contributed by atoms with E-state index >= 15 is 0 Å². The molecule has 0 saturated carbocycles. The number of hydrogen-bond donors (Lipinski definition) is 1. The summed E-state index contributed by atoms with van der Waals surface area (Å²) in [5.74, 6) is 0. The van der Waals surface area contributed by atoms with Gasteiger partial charge in [0.25, 0.3) is 0 Å². The molecule has 0 spiro atoms. The van der Waals surface area contributed by atoms with Crippen molar-refractivity contribution in [2.75, 3.05) is 6.54 Å². The van der Waals surface area contributed by atoms with Gasteiger partial charge < -0.3 is 5.73 Å². The van der Waals surface area contributed by atoms with Crippen LogP contribution in [0.15, 0.2) is 37.0 Å². The van der Waals surface area contributed by atoms with Gasteiger partial charge in [-0.1, -0.05) is 31.4 Å². The summed E-state index contributed by atoms with van der Waals surface area (Å²) in [4.78, 5) is 0. The Bertz CT molecular complexity index is 113. The van der Waals surface area contributed by atoms with Gasteiger partial charge in [-0.25, -0.2) is 0 Å². The number of hydrogen-bond acceptors (Lipinski definition) is 1. The van der Waals surface area contributed by atoms with E-state index in [0.29, 0.717) is 6.54 Å². The molecule has 0 bridgehead atoms. The Labute approximate surface area is 56.6 Å². The summed E-state index contributed by atoms with van der Waals surface area (Å²) in [5, 5.41) is 0. The Hall–Kier alpha value is -0.820. The summed E-state index contributed by atoms with van der Waals surface area (Å²) in [7, 11) is 0. The smallest absolute Gasteiger partial charge is 0.00423 e. The van der Waals surface area contributed by atoms with Gasteiger partial charge in [-0.3, -0.25) is 0 Å². The Kier molecular flexibility index (Phi) is 4.83. The summed E-state index contributed by atoms with van der Waals surface area (Å²) in [5.41, 5.74) is 6.33. The molecule has 1 heteroatoms. The van der Waals surface area contributed by atoms with Crippen molar-refractivity contribution >= 4 is 0 Å². The van der Waals surface area contributed by atoms with Gasteiger partial charge in [0, 0.05) is 0 Å². The lowest BCUT2D eigenvalue weighted by molar-refractivity contribution is 1.00. The first-order valence-corrected chi connectivity index (χ1v) is 3.00. The topological polar surface area (TPSA) is 26.0 Å². The van der Waals surface area contributed by atoms with E-state index in [2.05, 4.69) is 13.2 Å². The lowest BCUT2D eigenvalue weighted by Gasteiger charge is -1.89. The highest BCUT2D eigenvalue weighted by Crippen LogP contribution is 1.96. The van der Waals surface area contributed by atoms with Crippen molar-refractivity contribution in [2.24, 2.45) is 5.73 Å². The standard InChI is InChI=1S/C8H13N/c1-3-8(4-2)6-5-7-9/h3-4,6H,1-2,5,7,9H2. The average Bonchev–Trinajstić information content (AvgIpc) is 1.91. The summed E-state index contributed by atoms with van der Waals surface area (Å²) in [6.07, 6.45) is 6.44. The van der Waals surface area contributed by atoms with E-state index in [1.165, 1.54) is 0 Å². The van der Waals surface area contributed by atoms with Gasteiger partial charge in [-0.05, 0) is 18.5 Å². The molecule has 0 aliphatic rings. The van der Waals surface area contributed by atoms with E-state index in [9.17, 15) is 0 Å². The molecule has 0 saturated heterocycles. The molecule has 0 aromatic rings. The summed E-state index contributed by atoms with van der Waals surface area (Å²) < 4.78 is 0. The minimum absolute atomic E-state index is 0.686. The monoisotopic (exact) mass is 123 g/mol. The highest BCUT2D eigenvalue weighted by atomic mass is 14.5. The molecule has 0 unspecified atom stereocenters. The zero-order chi connectivity index (χ0) is 7.11. The first kappa shape index (κ1) is 8.18. The van der Waals surface area contributed by atoms with Crippen molar-refractivity contribution in [3.63, 3.8) is 0 Å². The SMILES string of the molecule is C=CC(C=C)=CCCN. The molecular formula is C8H13N. The first-order chi connectivity index (χ1) is 4.35. The van der Waals surface area contributed by atoms with Crippen LogP contribution in [0.1, 0.15) is 6.42 Å². The van der Waals surface area contributed by atoms with Crippen LogP contribution in [0.4, 0.5) is 0 Å². The molecule has 0 atom stereocenters. The van der Waals surface area contributed by atoms with Gasteiger partial charge in [-0.2, -0.15) is 0 Å². The fourth-order valence-corrected chi connectivity index (χ4v) is 0.500. The largest absolute Gasteiger partial charge is 0.330 e. The first-order valence-electron chi connectivity index (χ1n) is 3.00. The molecule has 9 heavy (non-hydrogen) atoms. The van der Waals surface area contributed by atoms with E-state index in [4.69, 9.17) is 5.73 Å². The molecule has 1 nitrogen and oxygen atoms in total. The van der Waals surface area contributed by atoms with Crippen molar-refractivity contribution < 1.29 is 0 Å². The lowest BCUT2D eigenvalue weighted by Crippen LogP contribution is -1.95. The van der Waals surface area contributed by atoms with Crippen LogP contribution in [0.2, 0.25) is 0 Å². The van der Waals surface area contributed by atoms with Crippen LogP contribution < -0.4 is 5.73 Å². The van der Waals surface area contributed by atoms with Crippen LogP contribution >= 0.6 is 0 Å². The quantitative estimate of drug-likeness (QED) is 0.565. The van der Waals surface area contributed by atoms with Gasteiger partial charge in [-0.15, -0.1) is 0 Å². The van der Waals surface area contributed by atoms with Crippen LogP contribution in [0, 0.1) is 0 Å². The number of nitrogens with two attached hydrogens (primary N) is 1. The Morgan fingerprint density at radius 3 is 2.22 bits per heavy atom. The van der Waals surface area contributed by atoms with Crippen molar-refractivity contribution in [3.8, 4) is 0 Å². The summed E-state index contributed by atoms with van der Waals surface area (Å²) in [6.45, 7) is 7.89. The Morgan fingerprint density at radius 2 is 1.89 bits per heavy atom. The highest BCUT2D eigenvalue weighted by Gasteiger charge is 1.79. The third-order valence-electron chi connectivity index (χ3n) is 1.02. The van der Waals surface area contributed by atoms with E-state index in [0.717, 1.165) is 12.0 Å². The maximum atomic E-state index is 5.27. The molecule has 0 aromatic carbocycles. The molecule has 50 valence electrons. The molecule has 2 N–H and O–H groups in total. The van der Waals surface area contributed by atoms with Crippen molar-refractivity contribution in [2.45, 2.75) is 6.42 Å². The minimum atomic E-state index is 0.686. The second kappa shape index (κ2) is 5.32. The molecule has 0 aliphatic heterocycles. The van der Waals surface area contributed by atoms with Gasteiger partial charge in [0.1, 0.15) is 0 Å². The van der Waals surface area contributed by atoms with Crippen LogP contribution in [-0.4, -0.2) is 6.54 Å². The molecule has 0 heterocycles. The predicted molar refractivity (Wildman–Crippen MR) is 42.1 cm³/mol.